The van der Waals surface area contributed by atoms with Crippen LogP contribution in [0.2, 0.25) is 5.02 Å². The van der Waals surface area contributed by atoms with E-state index in [0.717, 1.165) is 6.42 Å². The monoisotopic (exact) mass is 335 g/mol. The Labute approximate surface area is 119 Å². The van der Waals surface area contributed by atoms with Crippen LogP contribution >= 0.6 is 27.5 Å². The minimum absolute atomic E-state index is 0.0795. The number of carbonyl (C=O) groups excluding carboxylic acids is 1. The molecule has 1 atom stereocenters. The SMILES string of the molecule is COCC(Br)CCNC(=O)c1cc(Cl)ccc1O. The highest BCUT2D eigenvalue weighted by Crippen LogP contribution is 2.21. The summed E-state index contributed by atoms with van der Waals surface area (Å²) in [5.41, 5.74) is 0.181. The molecule has 0 aliphatic carbocycles. The average molecular weight is 337 g/mol. The fourth-order valence-electron chi connectivity index (χ4n) is 1.39. The second-order valence-electron chi connectivity index (χ2n) is 3.76. The van der Waals surface area contributed by atoms with Crippen molar-refractivity contribution in [1.82, 2.24) is 5.32 Å². The molecule has 1 unspecified atom stereocenters. The van der Waals surface area contributed by atoms with E-state index >= 15 is 0 Å². The van der Waals surface area contributed by atoms with E-state index in [9.17, 15) is 9.90 Å². The standard InChI is InChI=1S/C12H15BrClNO3/c1-18-7-8(13)4-5-15-12(17)10-6-9(14)2-3-11(10)16/h2-3,6,8,16H,4-5,7H2,1H3,(H,15,17). The van der Waals surface area contributed by atoms with Crippen molar-refractivity contribution in [3.05, 3.63) is 28.8 Å². The third-order valence-corrected chi connectivity index (χ3v) is 3.25. The van der Waals surface area contributed by atoms with E-state index in [1.165, 1.54) is 18.2 Å². The number of alkyl halides is 1. The summed E-state index contributed by atoms with van der Waals surface area (Å²) >= 11 is 9.20. The van der Waals surface area contributed by atoms with Gasteiger partial charge in [0.2, 0.25) is 0 Å². The number of nitrogens with one attached hydrogen (secondary N) is 1. The van der Waals surface area contributed by atoms with Crippen molar-refractivity contribution in [2.45, 2.75) is 11.2 Å². The van der Waals surface area contributed by atoms with Gasteiger partial charge in [-0.25, -0.2) is 0 Å². The molecule has 0 heterocycles. The first-order chi connectivity index (χ1) is 8.54. The lowest BCUT2D eigenvalue weighted by Gasteiger charge is -2.10. The summed E-state index contributed by atoms with van der Waals surface area (Å²) in [6.45, 7) is 1.07. The van der Waals surface area contributed by atoms with E-state index in [1.54, 1.807) is 7.11 Å². The van der Waals surface area contributed by atoms with Crippen molar-refractivity contribution in [1.29, 1.82) is 0 Å². The zero-order valence-corrected chi connectivity index (χ0v) is 12.3. The van der Waals surface area contributed by atoms with Gasteiger partial charge in [0.25, 0.3) is 5.91 Å². The maximum atomic E-state index is 11.8. The predicted octanol–water partition coefficient (Wildman–Crippen LogP) is 2.58. The average Bonchev–Trinajstić information content (AvgIpc) is 2.32. The van der Waals surface area contributed by atoms with E-state index in [0.29, 0.717) is 18.2 Å². The second-order valence-corrected chi connectivity index (χ2v) is 5.49. The molecule has 0 aliphatic heterocycles. The molecule has 18 heavy (non-hydrogen) atoms. The quantitative estimate of drug-likeness (QED) is 0.785. The smallest absolute Gasteiger partial charge is 0.255 e. The van der Waals surface area contributed by atoms with Gasteiger partial charge in [0, 0.05) is 23.5 Å². The molecule has 0 fully saturated rings. The molecule has 0 radical (unpaired) electrons. The number of carbonyl (C=O) groups is 1. The number of hydrogen-bond donors (Lipinski definition) is 2. The highest BCUT2D eigenvalue weighted by molar-refractivity contribution is 9.09. The first-order valence-electron chi connectivity index (χ1n) is 5.44. The van der Waals surface area contributed by atoms with Crippen molar-refractivity contribution in [2.24, 2.45) is 0 Å². The summed E-state index contributed by atoms with van der Waals surface area (Å²) in [7, 11) is 1.62. The number of benzene rings is 1. The van der Waals surface area contributed by atoms with Crippen LogP contribution in [0.5, 0.6) is 5.75 Å². The van der Waals surface area contributed by atoms with Crippen LogP contribution in [-0.2, 0) is 4.74 Å². The largest absolute Gasteiger partial charge is 0.507 e. The molecule has 1 aromatic rings. The van der Waals surface area contributed by atoms with Gasteiger partial charge in [0.1, 0.15) is 5.75 Å². The number of halogens is 2. The number of amides is 1. The Bertz CT molecular complexity index is 414. The topological polar surface area (TPSA) is 58.6 Å². The molecule has 0 saturated heterocycles. The Morgan fingerprint density at radius 3 is 3.00 bits per heavy atom. The van der Waals surface area contributed by atoms with Crippen LogP contribution in [0.4, 0.5) is 0 Å². The summed E-state index contributed by atoms with van der Waals surface area (Å²) in [4.78, 5) is 12.0. The van der Waals surface area contributed by atoms with Gasteiger partial charge in [0.15, 0.2) is 0 Å². The number of methoxy groups -OCH3 is 1. The molecule has 1 amide bonds. The number of aromatic hydroxyl groups is 1. The van der Waals surface area contributed by atoms with E-state index in [1.807, 2.05) is 0 Å². The van der Waals surface area contributed by atoms with Gasteiger partial charge in [-0.3, -0.25) is 4.79 Å². The number of ether oxygens (including phenoxy) is 1. The molecule has 4 nitrogen and oxygen atoms in total. The van der Waals surface area contributed by atoms with Crippen molar-refractivity contribution in [3.63, 3.8) is 0 Å². The molecule has 0 bridgehead atoms. The van der Waals surface area contributed by atoms with Crippen LogP contribution in [0.25, 0.3) is 0 Å². The summed E-state index contributed by atoms with van der Waals surface area (Å²) in [6.07, 6.45) is 0.737. The molecule has 2 N–H and O–H groups in total. The van der Waals surface area contributed by atoms with Crippen molar-refractivity contribution in [3.8, 4) is 5.75 Å². The third-order valence-electron chi connectivity index (χ3n) is 2.29. The Morgan fingerprint density at radius 1 is 1.61 bits per heavy atom. The number of phenols is 1. The van der Waals surface area contributed by atoms with Crippen molar-refractivity contribution < 1.29 is 14.6 Å². The van der Waals surface area contributed by atoms with Gasteiger partial charge in [0.05, 0.1) is 12.2 Å². The Morgan fingerprint density at radius 2 is 2.33 bits per heavy atom. The van der Waals surface area contributed by atoms with E-state index in [4.69, 9.17) is 16.3 Å². The van der Waals surface area contributed by atoms with Gasteiger partial charge in [-0.05, 0) is 24.6 Å². The van der Waals surface area contributed by atoms with Gasteiger partial charge in [-0.1, -0.05) is 27.5 Å². The van der Waals surface area contributed by atoms with E-state index in [2.05, 4.69) is 21.2 Å². The second kappa shape index (κ2) is 7.61. The first kappa shape index (κ1) is 15.3. The summed E-state index contributed by atoms with van der Waals surface area (Å²) < 4.78 is 4.96. The summed E-state index contributed by atoms with van der Waals surface area (Å²) in [5, 5.41) is 12.7. The number of hydrogen-bond acceptors (Lipinski definition) is 3. The molecular formula is C12H15BrClNO3. The molecule has 0 saturated carbocycles. The maximum absolute atomic E-state index is 11.8. The Hall–Kier alpha value is -0.780. The lowest BCUT2D eigenvalue weighted by atomic mass is 10.2. The highest BCUT2D eigenvalue weighted by Gasteiger charge is 2.12. The van der Waals surface area contributed by atoms with Gasteiger partial charge < -0.3 is 15.2 Å². The fourth-order valence-corrected chi connectivity index (χ4v) is 2.06. The summed E-state index contributed by atoms with van der Waals surface area (Å²) in [5.74, 6) is -0.420. The van der Waals surface area contributed by atoms with Crippen LogP contribution in [0.3, 0.4) is 0 Å². The molecule has 1 rings (SSSR count). The van der Waals surface area contributed by atoms with E-state index < -0.39 is 0 Å². The number of phenolic OH excluding ortho intramolecular Hbond substituents is 1. The van der Waals surface area contributed by atoms with Crippen molar-refractivity contribution >= 4 is 33.4 Å². The minimum atomic E-state index is -0.341. The van der Waals surface area contributed by atoms with Gasteiger partial charge >= 0.3 is 0 Å². The van der Waals surface area contributed by atoms with Crippen LogP contribution in [-0.4, -0.2) is 36.1 Å². The first-order valence-corrected chi connectivity index (χ1v) is 6.73. The molecule has 1 aromatic carbocycles. The zero-order valence-electron chi connectivity index (χ0n) is 9.95. The number of rotatable bonds is 6. The fraction of sp³-hybridized carbons (Fsp3) is 0.417. The Balaban J connectivity index is 2.48. The lowest BCUT2D eigenvalue weighted by Crippen LogP contribution is -2.27. The summed E-state index contributed by atoms with van der Waals surface area (Å²) in [6, 6.07) is 4.36. The van der Waals surface area contributed by atoms with Crippen LogP contribution in [0.1, 0.15) is 16.8 Å². The molecule has 0 spiro atoms. The Kier molecular flexibility index (Phi) is 6.46. The third kappa shape index (κ3) is 4.84. The van der Waals surface area contributed by atoms with Crippen LogP contribution < -0.4 is 5.32 Å². The van der Waals surface area contributed by atoms with Crippen molar-refractivity contribution in [2.75, 3.05) is 20.3 Å². The maximum Gasteiger partial charge on any atom is 0.255 e. The van der Waals surface area contributed by atoms with Crippen LogP contribution in [0.15, 0.2) is 18.2 Å². The molecule has 0 aromatic heterocycles. The minimum Gasteiger partial charge on any atom is -0.507 e. The predicted molar refractivity (Wildman–Crippen MR) is 74.7 cm³/mol. The molecule has 100 valence electrons. The van der Waals surface area contributed by atoms with E-state index in [-0.39, 0.29) is 22.0 Å². The van der Waals surface area contributed by atoms with Crippen LogP contribution in [0, 0.1) is 0 Å². The zero-order chi connectivity index (χ0) is 13.5. The normalized spacial score (nSPS) is 12.2. The van der Waals surface area contributed by atoms with Gasteiger partial charge in [-0.15, -0.1) is 0 Å². The van der Waals surface area contributed by atoms with Gasteiger partial charge in [-0.2, -0.15) is 0 Å². The highest BCUT2D eigenvalue weighted by atomic mass is 79.9. The molecule has 6 heteroatoms. The molecule has 0 aliphatic rings. The lowest BCUT2D eigenvalue weighted by molar-refractivity contribution is 0.0949. The molecular weight excluding hydrogens is 321 g/mol.